The molecule has 0 bridgehead atoms. The zero-order chi connectivity index (χ0) is 32.9. The Morgan fingerprint density at radius 2 is 1.59 bits per heavy atom. The topological polar surface area (TPSA) is 192 Å². The molecule has 14 heteroatoms. The molecule has 1 aromatic heterocycles. The molecule has 1 atom stereocenters. The first-order valence-corrected chi connectivity index (χ1v) is 14.4. The van der Waals surface area contributed by atoms with Gasteiger partial charge in [0.25, 0.3) is 5.91 Å². The molecule has 1 heterocycles. The first-order chi connectivity index (χ1) is 22.2. The Hall–Kier alpha value is -5.92. The van der Waals surface area contributed by atoms with E-state index < -0.39 is 36.0 Å². The summed E-state index contributed by atoms with van der Waals surface area (Å²) in [6.07, 6.45) is -0.937. The maximum atomic E-state index is 13.1. The van der Waals surface area contributed by atoms with E-state index in [9.17, 15) is 29.1 Å². The minimum atomic E-state index is -1.42. The standard InChI is InChI=1S/C32H34N6O8/c1-2-45-28(39)17-34-31(43)38(19-27-35-24-10-6-7-11-25(24)36-27)18-21-12-14-23(15-13-21)29(40)33-16-26(30(41)42)37-32(44)46-20-22-8-4-3-5-9-22/h3-15,26H,2,16-20H2,1H3,(H,33,40)(H,34,43)(H,35,36)(H,37,44)(H,41,42)/t26-/m0/s1. The Morgan fingerprint density at radius 1 is 0.870 bits per heavy atom. The van der Waals surface area contributed by atoms with Crippen molar-refractivity contribution in [1.82, 2.24) is 30.8 Å². The van der Waals surface area contributed by atoms with Gasteiger partial charge in [-0.15, -0.1) is 0 Å². The van der Waals surface area contributed by atoms with E-state index >= 15 is 0 Å². The number of urea groups is 1. The monoisotopic (exact) mass is 630 g/mol. The highest BCUT2D eigenvalue weighted by Gasteiger charge is 2.22. The molecule has 46 heavy (non-hydrogen) atoms. The van der Waals surface area contributed by atoms with Crippen molar-refractivity contribution in [3.05, 3.63) is 101 Å². The van der Waals surface area contributed by atoms with Crippen LogP contribution in [0.2, 0.25) is 0 Å². The summed E-state index contributed by atoms with van der Waals surface area (Å²) in [6, 6.07) is 20.7. The largest absolute Gasteiger partial charge is 0.480 e. The molecule has 0 saturated heterocycles. The van der Waals surface area contributed by atoms with Crippen molar-refractivity contribution in [2.75, 3.05) is 19.7 Å². The summed E-state index contributed by atoms with van der Waals surface area (Å²) >= 11 is 0. The van der Waals surface area contributed by atoms with Crippen LogP contribution in [0, 0.1) is 0 Å². The highest BCUT2D eigenvalue weighted by atomic mass is 16.5. The molecule has 0 unspecified atom stereocenters. The number of esters is 1. The van der Waals surface area contributed by atoms with Gasteiger partial charge < -0.3 is 40.4 Å². The highest BCUT2D eigenvalue weighted by Crippen LogP contribution is 2.15. The Balaban J connectivity index is 1.35. The number of rotatable bonds is 14. The molecular formula is C32H34N6O8. The van der Waals surface area contributed by atoms with Gasteiger partial charge in [-0.25, -0.2) is 19.4 Å². The smallest absolute Gasteiger partial charge is 0.408 e. The molecule has 4 aromatic rings. The molecule has 0 aliphatic carbocycles. The molecule has 4 rings (SSSR count). The minimum absolute atomic E-state index is 0.0412. The predicted molar refractivity (Wildman–Crippen MR) is 165 cm³/mol. The molecule has 0 saturated carbocycles. The second-order valence-electron chi connectivity index (χ2n) is 10.0. The van der Waals surface area contributed by atoms with Crippen molar-refractivity contribution >= 4 is 41.0 Å². The number of nitrogens with one attached hydrogen (secondary N) is 4. The number of carbonyl (C=O) groups excluding carboxylic acids is 4. The van der Waals surface area contributed by atoms with Gasteiger partial charge >= 0.3 is 24.1 Å². The zero-order valence-electron chi connectivity index (χ0n) is 25.0. The van der Waals surface area contributed by atoms with Crippen molar-refractivity contribution in [3.63, 3.8) is 0 Å². The number of hydrogen-bond donors (Lipinski definition) is 5. The summed E-state index contributed by atoms with van der Waals surface area (Å²) in [6.45, 7) is 1.34. The number of H-pyrrole nitrogens is 1. The maximum Gasteiger partial charge on any atom is 0.408 e. The van der Waals surface area contributed by atoms with Gasteiger partial charge in [0.2, 0.25) is 0 Å². The summed E-state index contributed by atoms with van der Waals surface area (Å²) in [5.74, 6) is -1.95. The van der Waals surface area contributed by atoms with Gasteiger partial charge in [-0.3, -0.25) is 9.59 Å². The van der Waals surface area contributed by atoms with Crippen LogP contribution in [0.5, 0.6) is 0 Å². The van der Waals surface area contributed by atoms with Gasteiger partial charge in [0.15, 0.2) is 0 Å². The number of carboxylic acids is 1. The SMILES string of the molecule is CCOC(=O)CNC(=O)N(Cc1ccc(C(=O)NC[C@H](NC(=O)OCc2ccccc2)C(=O)O)cc1)Cc1nc2ccccc2[nH]1. The van der Waals surface area contributed by atoms with Crippen molar-refractivity contribution in [2.45, 2.75) is 32.7 Å². The third-order valence-corrected chi connectivity index (χ3v) is 6.61. The molecule has 14 nitrogen and oxygen atoms in total. The number of nitrogens with zero attached hydrogens (tertiary/aromatic N) is 2. The lowest BCUT2D eigenvalue weighted by Gasteiger charge is -2.22. The van der Waals surface area contributed by atoms with E-state index in [1.165, 1.54) is 17.0 Å². The summed E-state index contributed by atoms with van der Waals surface area (Å²) in [5.41, 5.74) is 3.19. The lowest BCUT2D eigenvalue weighted by atomic mass is 10.1. The molecule has 0 aliphatic heterocycles. The van der Waals surface area contributed by atoms with E-state index in [0.29, 0.717) is 11.4 Å². The van der Waals surface area contributed by atoms with Gasteiger partial charge in [-0.05, 0) is 42.3 Å². The van der Waals surface area contributed by atoms with Crippen molar-refractivity contribution in [1.29, 1.82) is 0 Å². The zero-order valence-corrected chi connectivity index (χ0v) is 25.0. The number of aliphatic carboxylic acids is 1. The third kappa shape index (κ3) is 9.80. The fourth-order valence-electron chi connectivity index (χ4n) is 4.32. The molecule has 0 fully saturated rings. The number of hydrogen-bond acceptors (Lipinski definition) is 8. The Labute approximate surface area is 264 Å². The number of aromatic amines is 1. The van der Waals surface area contributed by atoms with Crippen LogP contribution in [-0.2, 0) is 38.8 Å². The van der Waals surface area contributed by atoms with Crippen molar-refractivity contribution in [2.24, 2.45) is 0 Å². The number of carbonyl (C=O) groups is 5. The lowest BCUT2D eigenvalue weighted by molar-refractivity contribution is -0.142. The molecule has 4 amide bonds. The second kappa shape index (κ2) is 16.2. The number of ether oxygens (including phenoxy) is 2. The fourth-order valence-corrected chi connectivity index (χ4v) is 4.32. The lowest BCUT2D eigenvalue weighted by Crippen LogP contribution is -2.48. The van der Waals surface area contributed by atoms with Crippen LogP contribution in [0.25, 0.3) is 11.0 Å². The van der Waals surface area contributed by atoms with E-state index in [1.807, 2.05) is 30.3 Å². The summed E-state index contributed by atoms with van der Waals surface area (Å²) < 4.78 is 9.96. The Bertz CT molecular complexity index is 1630. The van der Waals surface area contributed by atoms with Crippen molar-refractivity contribution < 1.29 is 38.6 Å². The van der Waals surface area contributed by atoms with Crippen LogP contribution < -0.4 is 16.0 Å². The number of imidazole rings is 1. The van der Waals surface area contributed by atoms with Gasteiger partial charge in [0.1, 0.15) is 25.0 Å². The van der Waals surface area contributed by atoms with E-state index in [2.05, 4.69) is 25.9 Å². The van der Waals surface area contributed by atoms with Crippen LogP contribution in [-0.4, -0.2) is 75.7 Å². The van der Waals surface area contributed by atoms with Crippen LogP contribution in [0.15, 0.2) is 78.9 Å². The molecular weight excluding hydrogens is 596 g/mol. The fraction of sp³-hybridized carbons (Fsp3) is 0.250. The van der Waals surface area contributed by atoms with Crippen molar-refractivity contribution in [3.8, 4) is 0 Å². The number of benzene rings is 3. The second-order valence-corrected chi connectivity index (χ2v) is 10.0. The summed E-state index contributed by atoms with van der Waals surface area (Å²) in [5, 5.41) is 16.8. The molecule has 0 spiro atoms. The summed E-state index contributed by atoms with van der Waals surface area (Å²) in [7, 11) is 0. The van der Waals surface area contributed by atoms with Gasteiger partial charge in [-0.1, -0.05) is 54.6 Å². The number of fused-ring (bicyclic) bond motifs is 1. The number of para-hydroxylation sites is 2. The van der Waals surface area contributed by atoms with Crippen LogP contribution >= 0.6 is 0 Å². The van der Waals surface area contributed by atoms with E-state index in [0.717, 1.165) is 16.6 Å². The highest BCUT2D eigenvalue weighted by molar-refractivity contribution is 5.94. The van der Waals surface area contributed by atoms with E-state index in [4.69, 9.17) is 9.47 Å². The number of carboxylic acid groups (broad SMARTS) is 1. The average Bonchev–Trinajstić information content (AvgIpc) is 3.47. The summed E-state index contributed by atoms with van der Waals surface area (Å²) in [4.78, 5) is 70.6. The third-order valence-electron chi connectivity index (χ3n) is 6.61. The van der Waals surface area contributed by atoms with Gasteiger partial charge in [0, 0.05) is 18.7 Å². The maximum absolute atomic E-state index is 13.1. The molecule has 5 N–H and O–H groups in total. The number of aromatic nitrogens is 2. The molecule has 3 aromatic carbocycles. The molecule has 240 valence electrons. The average molecular weight is 631 g/mol. The Kier molecular flexibility index (Phi) is 11.6. The Morgan fingerprint density at radius 3 is 2.28 bits per heavy atom. The van der Waals surface area contributed by atoms with Crippen LogP contribution in [0.3, 0.4) is 0 Å². The molecule has 0 radical (unpaired) electrons. The van der Waals surface area contributed by atoms with E-state index in [1.54, 1.807) is 43.3 Å². The number of alkyl carbamates (subject to hydrolysis) is 1. The minimum Gasteiger partial charge on any atom is -0.480 e. The number of amides is 4. The normalized spacial score (nSPS) is 11.2. The van der Waals surface area contributed by atoms with Crippen LogP contribution in [0.4, 0.5) is 9.59 Å². The quantitative estimate of drug-likeness (QED) is 0.130. The van der Waals surface area contributed by atoms with Gasteiger partial charge in [-0.2, -0.15) is 0 Å². The predicted octanol–water partition coefficient (Wildman–Crippen LogP) is 2.95. The van der Waals surface area contributed by atoms with Gasteiger partial charge in [0.05, 0.1) is 24.2 Å². The first kappa shape index (κ1) is 33.0. The molecule has 0 aliphatic rings. The van der Waals surface area contributed by atoms with E-state index in [-0.39, 0.29) is 45.0 Å². The first-order valence-electron chi connectivity index (χ1n) is 14.4. The van der Waals surface area contributed by atoms with Crippen LogP contribution in [0.1, 0.15) is 34.2 Å².